The molecule has 0 bridgehead atoms. The predicted octanol–water partition coefficient (Wildman–Crippen LogP) is 3.94. The van der Waals surface area contributed by atoms with Crippen molar-refractivity contribution in [3.8, 4) is 0 Å². The Morgan fingerprint density at radius 1 is 1.05 bits per heavy atom. The molecule has 3 rings (SSSR count). The summed E-state index contributed by atoms with van der Waals surface area (Å²) in [6.07, 6.45) is 1.95. The highest BCUT2D eigenvalue weighted by Crippen LogP contribution is 2.24. The fourth-order valence-corrected chi connectivity index (χ4v) is 2.69. The van der Waals surface area contributed by atoms with Crippen molar-refractivity contribution in [3.05, 3.63) is 70.6 Å². The normalized spacial score (nSPS) is 11.2. The Morgan fingerprint density at radius 3 is 2.60 bits per heavy atom. The van der Waals surface area contributed by atoms with Crippen molar-refractivity contribution in [2.24, 2.45) is 5.73 Å². The summed E-state index contributed by atoms with van der Waals surface area (Å²) in [6.45, 7) is 0.895. The van der Waals surface area contributed by atoms with Crippen molar-refractivity contribution in [1.29, 1.82) is 0 Å². The molecule has 2 N–H and O–H groups in total. The van der Waals surface area contributed by atoms with E-state index in [1.54, 1.807) is 18.2 Å². The number of nitrogens with two attached hydrogens (primary N) is 1. The number of fused-ring (bicyclic) bond motifs is 1. The molecular formula is C16H14ClFN2. The Morgan fingerprint density at radius 2 is 1.80 bits per heavy atom. The monoisotopic (exact) mass is 288 g/mol. The number of aromatic nitrogens is 1. The van der Waals surface area contributed by atoms with Crippen molar-refractivity contribution < 1.29 is 4.39 Å². The molecule has 1 heterocycles. The third-order valence-corrected chi connectivity index (χ3v) is 3.76. The molecule has 2 nitrogen and oxygen atoms in total. The number of benzene rings is 2. The van der Waals surface area contributed by atoms with Gasteiger partial charge in [-0.25, -0.2) is 4.39 Å². The minimum Gasteiger partial charge on any atom is -0.343 e. The van der Waals surface area contributed by atoms with Crippen LogP contribution in [0.4, 0.5) is 4.39 Å². The summed E-state index contributed by atoms with van der Waals surface area (Å²) in [7, 11) is 0. The van der Waals surface area contributed by atoms with Crippen molar-refractivity contribution in [3.63, 3.8) is 0 Å². The van der Waals surface area contributed by atoms with Crippen molar-refractivity contribution >= 4 is 22.5 Å². The van der Waals surface area contributed by atoms with Gasteiger partial charge in [-0.15, -0.1) is 0 Å². The molecule has 3 aromatic rings. The van der Waals surface area contributed by atoms with Gasteiger partial charge < -0.3 is 10.3 Å². The molecule has 0 aliphatic rings. The number of hydrogen-bond donors (Lipinski definition) is 1. The SMILES string of the molecule is NCc1cccc2ccn(Cc3cccc(Cl)c3F)c12. The maximum atomic E-state index is 14.0. The Bertz CT molecular complexity index is 764. The van der Waals surface area contributed by atoms with Crippen LogP contribution in [0.2, 0.25) is 5.02 Å². The average Bonchev–Trinajstić information content (AvgIpc) is 2.87. The van der Waals surface area contributed by atoms with Gasteiger partial charge in [0.1, 0.15) is 5.82 Å². The summed E-state index contributed by atoms with van der Waals surface area (Å²) in [5.41, 5.74) is 8.46. The first-order valence-corrected chi connectivity index (χ1v) is 6.78. The van der Waals surface area contributed by atoms with E-state index < -0.39 is 0 Å². The van der Waals surface area contributed by atoms with Gasteiger partial charge in [-0.05, 0) is 23.1 Å². The van der Waals surface area contributed by atoms with E-state index in [0.29, 0.717) is 18.7 Å². The zero-order valence-corrected chi connectivity index (χ0v) is 11.6. The predicted molar refractivity (Wildman–Crippen MR) is 80.3 cm³/mol. The van der Waals surface area contributed by atoms with E-state index >= 15 is 0 Å². The lowest BCUT2D eigenvalue weighted by Gasteiger charge is -2.10. The molecule has 0 aliphatic heterocycles. The highest BCUT2D eigenvalue weighted by Gasteiger charge is 2.10. The molecule has 102 valence electrons. The minimum atomic E-state index is -0.360. The van der Waals surface area contributed by atoms with E-state index in [9.17, 15) is 4.39 Å². The molecule has 0 unspecified atom stereocenters. The maximum absolute atomic E-state index is 14.0. The third-order valence-electron chi connectivity index (χ3n) is 3.46. The van der Waals surface area contributed by atoms with Gasteiger partial charge in [-0.1, -0.05) is 41.9 Å². The molecular weight excluding hydrogens is 275 g/mol. The van der Waals surface area contributed by atoms with Crippen LogP contribution in [-0.4, -0.2) is 4.57 Å². The average molecular weight is 289 g/mol. The Balaban J connectivity index is 2.09. The first kappa shape index (κ1) is 13.2. The van der Waals surface area contributed by atoms with E-state index in [-0.39, 0.29) is 10.8 Å². The molecule has 0 saturated carbocycles. The summed E-state index contributed by atoms with van der Waals surface area (Å²) in [4.78, 5) is 0. The van der Waals surface area contributed by atoms with E-state index in [2.05, 4.69) is 0 Å². The Labute approximate surface area is 121 Å². The van der Waals surface area contributed by atoms with E-state index in [4.69, 9.17) is 17.3 Å². The van der Waals surface area contributed by atoms with Crippen LogP contribution in [0.5, 0.6) is 0 Å². The zero-order chi connectivity index (χ0) is 14.1. The fraction of sp³-hybridized carbons (Fsp3) is 0.125. The quantitative estimate of drug-likeness (QED) is 0.777. The van der Waals surface area contributed by atoms with E-state index in [1.165, 1.54) is 0 Å². The number of nitrogens with zero attached hydrogens (tertiary/aromatic N) is 1. The second kappa shape index (κ2) is 5.27. The van der Waals surface area contributed by atoms with Crippen LogP contribution in [0.3, 0.4) is 0 Å². The topological polar surface area (TPSA) is 30.9 Å². The molecule has 2 aromatic carbocycles. The fourth-order valence-electron chi connectivity index (χ4n) is 2.49. The van der Waals surface area contributed by atoms with Gasteiger partial charge in [0.05, 0.1) is 17.1 Å². The van der Waals surface area contributed by atoms with Crippen LogP contribution in [0.1, 0.15) is 11.1 Å². The van der Waals surface area contributed by atoms with Crippen LogP contribution in [-0.2, 0) is 13.1 Å². The summed E-state index contributed by atoms with van der Waals surface area (Å²) in [6, 6.07) is 13.1. The number of para-hydroxylation sites is 1. The summed E-state index contributed by atoms with van der Waals surface area (Å²) in [5, 5.41) is 1.26. The van der Waals surface area contributed by atoms with Crippen molar-refractivity contribution in [2.45, 2.75) is 13.1 Å². The summed E-state index contributed by atoms with van der Waals surface area (Å²) < 4.78 is 16.0. The van der Waals surface area contributed by atoms with Gasteiger partial charge in [-0.2, -0.15) is 0 Å². The van der Waals surface area contributed by atoms with Gasteiger partial charge in [0, 0.05) is 18.3 Å². The highest BCUT2D eigenvalue weighted by atomic mass is 35.5. The Hall–Kier alpha value is -1.84. The van der Waals surface area contributed by atoms with Gasteiger partial charge >= 0.3 is 0 Å². The van der Waals surface area contributed by atoms with Gasteiger partial charge in [-0.3, -0.25) is 0 Å². The van der Waals surface area contributed by atoms with Crippen LogP contribution in [0.15, 0.2) is 48.7 Å². The van der Waals surface area contributed by atoms with Crippen LogP contribution < -0.4 is 5.73 Å². The molecule has 0 fully saturated rings. The lowest BCUT2D eigenvalue weighted by Crippen LogP contribution is -2.04. The molecule has 1 aromatic heterocycles. The second-order valence-electron chi connectivity index (χ2n) is 4.72. The van der Waals surface area contributed by atoms with Crippen molar-refractivity contribution in [2.75, 3.05) is 0 Å². The smallest absolute Gasteiger partial charge is 0.146 e. The largest absolute Gasteiger partial charge is 0.343 e. The van der Waals surface area contributed by atoms with Gasteiger partial charge in [0.15, 0.2) is 0 Å². The third kappa shape index (κ3) is 2.19. The number of halogens is 2. The maximum Gasteiger partial charge on any atom is 0.146 e. The van der Waals surface area contributed by atoms with Crippen LogP contribution in [0, 0.1) is 5.82 Å². The summed E-state index contributed by atoms with van der Waals surface area (Å²) >= 11 is 5.83. The van der Waals surface area contributed by atoms with Crippen LogP contribution >= 0.6 is 11.6 Å². The van der Waals surface area contributed by atoms with Gasteiger partial charge in [0.25, 0.3) is 0 Å². The number of hydrogen-bond acceptors (Lipinski definition) is 1. The molecule has 20 heavy (non-hydrogen) atoms. The van der Waals surface area contributed by atoms with E-state index in [0.717, 1.165) is 16.5 Å². The molecule has 4 heteroatoms. The second-order valence-corrected chi connectivity index (χ2v) is 5.12. The molecule has 0 saturated heterocycles. The zero-order valence-electron chi connectivity index (χ0n) is 10.8. The Kier molecular flexibility index (Phi) is 3.47. The highest BCUT2D eigenvalue weighted by molar-refractivity contribution is 6.30. The molecule has 0 atom stereocenters. The molecule has 0 amide bonds. The standard InChI is InChI=1S/C16H14ClFN2/c17-14-6-2-5-13(15(14)18)10-20-8-7-11-3-1-4-12(9-19)16(11)20/h1-8H,9-10,19H2. The minimum absolute atomic E-state index is 0.151. The first-order chi connectivity index (χ1) is 9.70. The first-order valence-electron chi connectivity index (χ1n) is 6.40. The lowest BCUT2D eigenvalue weighted by molar-refractivity contribution is 0.602. The lowest BCUT2D eigenvalue weighted by atomic mass is 10.1. The van der Waals surface area contributed by atoms with Crippen molar-refractivity contribution in [1.82, 2.24) is 4.57 Å². The molecule has 0 aliphatic carbocycles. The van der Waals surface area contributed by atoms with Crippen LogP contribution in [0.25, 0.3) is 10.9 Å². The molecule has 0 radical (unpaired) electrons. The number of rotatable bonds is 3. The molecule has 0 spiro atoms. The summed E-state index contributed by atoms with van der Waals surface area (Å²) in [5.74, 6) is -0.360. The van der Waals surface area contributed by atoms with Gasteiger partial charge in [0.2, 0.25) is 0 Å². The van der Waals surface area contributed by atoms with E-state index in [1.807, 2.05) is 35.0 Å².